The van der Waals surface area contributed by atoms with Gasteiger partial charge in [0.05, 0.1) is 6.04 Å². The Morgan fingerprint density at radius 2 is 2.05 bits per heavy atom. The maximum atomic E-state index is 13.8. The second kappa shape index (κ2) is 5.97. The molecule has 3 rings (SSSR count). The Morgan fingerprint density at radius 3 is 2.71 bits per heavy atom. The number of hydrogen-bond acceptors (Lipinski definition) is 4. The molecule has 1 amide bonds. The SMILES string of the molecule is NC(=O)[C@@H]1CCCN1C1CCN(c2ncccc2F)CC1. The number of nitrogens with two attached hydrogens (primary N) is 1. The highest BCUT2D eigenvalue weighted by Crippen LogP contribution is 2.28. The van der Waals surface area contributed by atoms with Crippen LogP contribution in [0, 0.1) is 5.82 Å². The molecule has 21 heavy (non-hydrogen) atoms. The number of primary amides is 1. The van der Waals surface area contributed by atoms with Crippen molar-refractivity contribution < 1.29 is 9.18 Å². The molecule has 2 N–H and O–H groups in total. The highest BCUT2D eigenvalue weighted by molar-refractivity contribution is 5.80. The Hall–Kier alpha value is -1.69. The van der Waals surface area contributed by atoms with Crippen LogP contribution in [-0.4, -0.2) is 47.5 Å². The number of pyridine rings is 1. The molecule has 3 heterocycles. The van der Waals surface area contributed by atoms with Crippen molar-refractivity contribution in [3.63, 3.8) is 0 Å². The summed E-state index contributed by atoms with van der Waals surface area (Å²) in [7, 11) is 0. The average Bonchev–Trinajstić information content (AvgIpc) is 2.98. The van der Waals surface area contributed by atoms with E-state index in [0.29, 0.717) is 11.9 Å². The van der Waals surface area contributed by atoms with Gasteiger partial charge in [-0.25, -0.2) is 9.37 Å². The van der Waals surface area contributed by atoms with Gasteiger partial charge in [-0.15, -0.1) is 0 Å². The minimum absolute atomic E-state index is 0.117. The van der Waals surface area contributed by atoms with E-state index in [2.05, 4.69) is 9.88 Å². The van der Waals surface area contributed by atoms with E-state index in [4.69, 9.17) is 5.73 Å². The summed E-state index contributed by atoms with van der Waals surface area (Å²) in [6.07, 6.45) is 5.35. The van der Waals surface area contributed by atoms with Gasteiger partial charge >= 0.3 is 0 Å². The maximum Gasteiger partial charge on any atom is 0.234 e. The number of rotatable bonds is 3. The molecule has 0 aliphatic carbocycles. The van der Waals surface area contributed by atoms with Crippen LogP contribution in [0.1, 0.15) is 25.7 Å². The van der Waals surface area contributed by atoms with Crippen LogP contribution >= 0.6 is 0 Å². The monoisotopic (exact) mass is 292 g/mol. The van der Waals surface area contributed by atoms with Gasteiger partial charge in [0.1, 0.15) is 0 Å². The van der Waals surface area contributed by atoms with E-state index in [-0.39, 0.29) is 17.8 Å². The fraction of sp³-hybridized carbons (Fsp3) is 0.600. The van der Waals surface area contributed by atoms with Crippen molar-refractivity contribution in [3.05, 3.63) is 24.1 Å². The molecule has 114 valence electrons. The number of halogens is 1. The average molecular weight is 292 g/mol. The van der Waals surface area contributed by atoms with Crippen LogP contribution in [0.5, 0.6) is 0 Å². The van der Waals surface area contributed by atoms with Gasteiger partial charge in [0.25, 0.3) is 0 Å². The fourth-order valence-corrected chi connectivity index (χ4v) is 3.55. The van der Waals surface area contributed by atoms with Gasteiger partial charge in [-0.2, -0.15) is 0 Å². The molecule has 5 nitrogen and oxygen atoms in total. The summed E-state index contributed by atoms with van der Waals surface area (Å²) < 4.78 is 13.8. The molecule has 1 aromatic rings. The molecular formula is C15H21FN4O. The lowest BCUT2D eigenvalue weighted by molar-refractivity contribution is -0.123. The summed E-state index contributed by atoms with van der Waals surface area (Å²) in [6, 6.07) is 3.30. The van der Waals surface area contributed by atoms with Crippen LogP contribution in [0.3, 0.4) is 0 Å². The topological polar surface area (TPSA) is 62.5 Å². The summed E-state index contributed by atoms with van der Waals surface area (Å²) in [5.41, 5.74) is 5.48. The number of nitrogens with zero attached hydrogens (tertiary/aromatic N) is 3. The molecule has 0 spiro atoms. The van der Waals surface area contributed by atoms with Crippen LogP contribution < -0.4 is 10.6 Å². The number of likely N-dealkylation sites (tertiary alicyclic amines) is 1. The Bertz CT molecular complexity index is 516. The van der Waals surface area contributed by atoms with E-state index in [1.807, 2.05) is 4.90 Å². The van der Waals surface area contributed by atoms with E-state index >= 15 is 0 Å². The number of carbonyl (C=O) groups excluding carboxylic acids is 1. The first-order valence-electron chi connectivity index (χ1n) is 7.57. The fourth-order valence-electron chi connectivity index (χ4n) is 3.55. The van der Waals surface area contributed by atoms with Crippen LogP contribution in [0.4, 0.5) is 10.2 Å². The summed E-state index contributed by atoms with van der Waals surface area (Å²) in [5.74, 6) is -0.0540. The maximum absolute atomic E-state index is 13.8. The van der Waals surface area contributed by atoms with E-state index in [1.54, 1.807) is 12.3 Å². The largest absolute Gasteiger partial charge is 0.368 e. The van der Waals surface area contributed by atoms with Gasteiger partial charge in [-0.1, -0.05) is 0 Å². The predicted molar refractivity (Wildman–Crippen MR) is 78.4 cm³/mol. The van der Waals surface area contributed by atoms with Gasteiger partial charge in [0.15, 0.2) is 11.6 Å². The van der Waals surface area contributed by atoms with Gasteiger partial charge in [0.2, 0.25) is 5.91 Å². The Morgan fingerprint density at radius 1 is 1.29 bits per heavy atom. The molecule has 0 aromatic carbocycles. The molecule has 2 saturated heterocycles. The highest BCUT2D eigenvalue weighted by Gasteiger charge is 2.35. The molecule has 0 unspecified atom stereocenters. The molecule has 0 saturated carbocycles. The summed E-state index contributed by atoms with van der Waals surface area (Å²) in [6.45, 7) is 2.47. The summed E-state index contributed by atoms with van der Waals surface area (Å²) >= 11 is 0. The second-order valence-corrected chi connectivity index (χ2v) is 5.83. The molecule has 0 radical (unpaired) electrons. The Balaban J connectivity index is 1.63. The molecule has 0 bridgehead atoms. The van der Waals surface area contributed by atoms with Crippen molar-refractivity contribution in [2.24, 2.45) is 5.73 Å². The van der Waals surface area contributed by atoms with Gasteiger partial charge in [0, 0.05) is 25.3 Å². The Labute approximate surface area is 123 Å². The van der Waals surface area contributed by atoms with E-state index < -0.39 is 0 Å². The van der Waals surface area contributed by atoms with Crippen molar-refractivity contribution in [2.75, 3.05) is 24.5 Å². The number of anilines is 1. The zero-order valence-corrected chi connectivity index (χ0v) is 12.0. The standard InChI is InChI=1S/C15H21FN4O/c16-12-3-1-7-18-15(12)19-9-5-11(6-10-19)20-8-2-4-13(20)14(17)21/h1,3,7,11,13H,2,4-6,8-10H2,(H2,17,21)/t13-/m0/s1. The minimum atomic E-state index is -0.271. The lowest BCUT2D eigenvalue weighted by Crippen LogP contribution is -2.50. The molecule has 2 aliphatic rings. The highest BCUT2D eigenvalue weighted by atomic mass is 19.1. The first-order chi connectivity index (χ1) is 10.2. The lowest BCUT2D eigenvalue weighted by atomic mass is 10.0. The molecule has 1 aromatic heterocycles. The van der Waals surface area contributed by atoms with Gasteiger partial charge < -0.3 is 10.6 Å². The van der Waals surface area contributed by atoms with E-state index in [9.17, 15) is 9.18 Å². The first kappa shape index (κ1) is 14.3. The van der Waals surface area contributed by atoms with E-state index in [1.165, 1.54) is 6.07 Å². The normalized spacial score (nSPS) is 24.4. The first-order valence-corrected chi connectivity index (χ1v) is 7.57. The quantitative estimate of drug-likeness (QED) is 0.907. The van der Waals surface area contributed by atoms with Crippen molar-refractivity contribution >= 4 is 11.7 Å². The van der Waals surface area contributed by atoms with Crippen molar-refractivity contribution in [3.8, 4) is 0 Å². The molecule has 2 fully saturated rings. The van der Waals surface area contributed by atoms with Crippen molar-refractivity contribution in [1.29, 1.82) is 0 Å². The zero-order valence-electron chi connectivity index (χ0n) is 12.0. The smallest absolute Gasteiger partial charge is 0.234 e. The molecular weight excluding hydrogens is 271 g/mol. The summed E-state index contributed by atoms with van der Waals surface area (Å²) in [4.78, 5) is 19.9. The van der Waals surface area contributed by atoms with Crippen LogP contribution in [-0.2, 0) is 4.79 Å². The number of carbonyl (C=O) groups is 1. The molecule has 6 heteroatoms. The summed E-state index contributed by atoms with van der Waals surface area (Å²) in [5, 5.41) is 0. The van der Waals surface area contributed by atoms with E-state index in [0.717, 1.165) is 45.3 Å². The minimum Gasteiger partial charge on any atom is -0.368 e. The zero-order chi connectivity index (χ0) is 14.8. The van der Waals surface area contributed by atoms with Crippen LogP contribution in [0.25, 0.3) is 0 Å². The molecule has 1 atom stereocenters. The number of piperidine rings is 1. The van der Waals surface area contributed by atoms with Crippen molar-refractivity contribution in [1.82, 2.24) is 9.88 Å². The number of hydrogen-bond donors (Lipinski definition) is 1. The number of aromatic nitrogens is 1. The Kier molecular flexibility index (Phi) is 4.05. The van der Waals surface area contributed by atoms with Crippen LogP contribution in [0.15, 0.2) is 18.3 Å². The predicted octanol–water partition coefficient (Wildman–Crippen LogP) is 1.14. The second-order valence-electron chi connectivity index (χ2n) is 5.83. The third-order valence-electron chi connectivity index (χ3n) is 4.59. The number of amides is 1. The van der Waals surface area contributed by atoms with Crippen LogP contribution in [0.2, 0.25) is 0 Å². The van der Waals surface area contributed by atoms with Crippen molar-refractivity contribution in [2.45, 2.75) is 37.8 Å². The molecule has 2 aliphatic heterocycles. The van der Waals surface area contributed by atoms with Gasteiger partial charge in [-0.3, -0.25) is 9.69 Å². The van der Waals surface area contributed by atoms with Gasteiger partial charge in [-0.05, 0) is 44.4 Å². The lowest BCUT2D eigenvalue weighted by Gasteiger charge is -2.39. The third kappa shape index (κ3) is 2.85. The third-order valence-corrected chi connectivity index (χ3v) is 4.59.